The number of anilines is 2. The summed E-state index contributed by atoms with van der Waals surface area (Å²) in [7, 11) is 0. The predicted molar refractivity (Wildman–Crippen MR) is 79.3 cm³/mol. The maximum absolute atomic E-state index is 4.18. The molecule has 0 aliphatic rings. The van der Waals surface area contributed by atoms with E-state index in [1.165, 1.54) is 11.3 Å². The van der Waals surface area contributed by atoms with Crippen molar-refractivity contribution in [2.75, 3.05) is 17.2 Å². The molecule has 1 aromatic carbocycles. The third-order valence-electron chi connectivity index (χ3n) is 2.81. The Morgan fingerprint density at radius 2 is 1.84 bits per heavy atom. The number of benzene rings is 1. The number of aromatic nitrogens is 2. The molecule has 19 heavy (non-hydrogen) atoms. The summed E-state index contributed by atoms with van der Waals surface area (Å²) in [6.45, 7) is 5.90. The summed E-state index contributed by atoms with van der Waals surface area (Å²) < 4.78 is 0. The molecule has 4 nitrogen and oxygen atoms in total. The molecule has 0 aliphatic heterocycles. The smallest absolute Gasteiger partial charge is 0.129 e. The first kappa shape index (κ1) is 13.3. The van der Waals surface area contributed by atoms with E-state index in [1.54, 1.807) is 6.33 Å². The van der Waals surface area contributed by atoms with Crippen LogP contribution in [0.5, 0.6) is 0 Å². The zero-order valence-corrected chi connectivity index (χ0v) is 11.5. The standard InChI is InChI=1S/C15H20N4/c1-3-8-16-14-6-4-13(5-7-14)10-17-15-9-12(2)18-11-19-15/h4-7,9,11,16H,3,8,10H2,1-2H3,(H,17,18,19). The van der Waals surface area contributed by atoms with E-state index < -0.39 is 0 Å². The molecular weight excluding hydrogens is 236 g/mol. The third kappa shape index (κ3) is 4.25. The van der Waals surface area contributed by atoms with E-state index in [0.29, 0.717) is 0 Å². The Balaban J connectivity index is 1.89. The van der Waals surface area contributed by atoms with Gasteiger partial charge >= 0.3 is 0 Å². The predicted octanol–water partition coefficient (Wildman–Crippen LogP) is 3.22. The van der Waals surface area contributed by atoms with Crippen LogP contribution in [0.1, 0.15) is 24.6 Å². The quantitative estimate of drug-likeness (QED) is 0.833. The average Bonchev–Trinajstić information content (AvgIpc) is 2.44. The fourth-order valence-electron chi connectivity index (χ4n) is 1.75. The van der Waals surface area contributed by atoms with Crippen LogP contribution in [0.4, 0.5) is 11.5 Å². The summed E-state index contributed by atoms with van der Waals surface area (Å²) in [5.74, 6) is 0.862. The van der Waals surface area contributed by atoms with E-state index in [0.717, 1.165) is 31.0 Å². The Hall–Kier alpha value is -2.10. The zero-order valence-electron chi connectivity index (χ0n) is 11.5. The van der Waals surface area contributed by atoms with Gasteiger partial charge in [-0.1, -0.05) is 19.1 Å². The molecule has 100 valence electrons. The second-order valence-corrected chi connectivity index (χ2v) is 4.52. The van der Waals surface area contributed by atoms with Gasteiger partial charge in [0.2, 0.25) is 0 Å². The van der Waals surface area contributed by atoms with Crippen LogP contribution in [0.15, 0.2) is 36.7 Å². The highest BCUT2D eigenvalue weighted by molar-refractivity contribution is 5.45. The normalized spacial score (nSPS) is 10.2. The molecule has 0 unspecified atom stereocenters. The Labute approximate surface area is 114 Å². The van der Waals surface area contributed by atoms with Crippen LogP contribution in [-0.4, -0.2) is 16.5 Å². The molecule has 1 aromatic heterocycles. The van der Waals surface area contributed by atoms with Crippen LogP contribution in [0.3, 0.4) is 0 Å². The van der Waals surface area contributed by atoms with E-state index in [4.69, 9.17) is 0 Å². The molecule has 1 heterocycles. The lowest BCUT2D eigenvalue weighted by molar-refractivity contribution is 0.979. The third-order valence-corrected chi connectivity index (χ3v) is 2.81. The monoisotopic (exact) mass is 256 g/mol. The average molecular weight is 256 g/mol. The Kier molecular flexibility index (Phi) is 4.72. The van der Waals surface area contributed by atoms with Crippen LogP contribution >= 0.6 is 0 Å². The Bertz CT molecular complexity index is 508. The largest absolute Gasteiger partial charge is 0.385 e. The number of hydrogen-bond donors (Lipinski definition) is 2. The first-order chi connectivity index (χ1) is 9.28. The number of hydrogen-bond acceptors (Lipinski definition) is 4. The van der Waals surface area contributed by atoms with Gasteiger partial charge in [-0.3, -0.25) is 0 Å². The molecule has 0 fully saturated rings. The lowest BCUT2D eigenvalue weighted by Gasteiger charge is -2.08. The number of nitrogens with one attached hydrogen (secondary N) is 2. The highest BCUT2D eigenvalue weighted by Gasteiger charge is 1.97. The molecular formula is C15H20N4. The van der Waals surface area contributed by atoms with E-state index >= 15 is 0 Å². The molecule has 0 aliphatic carbocycles. The van der Waals surface area contributed by atoms with Crippen LogP contribution in [0.2, 0.25) is 0 Å². The Morgan fingerprint density at radius 3 is 2.53 bits per heavy atom. The molecule has 0 radical (unpaired) electrons. The zero-order chi connectivity index (χ0) is 13.5. The lowest BCUT2D eigenvalue weighted by Crippen LogP contribution is -2.03. The maximum Gasteiger partial charge on any atom is 0.129 e. The molecule has 0 saturated carbocycles. The summed E-state index contributed by atoms with van der Waals surface area (Å²) in [4.78, 5) is 8.25. The van der Waals surface area contributed by atoms with E-state index in [9.17, 15) is 0 Å². The van der Waals surface area contributed by atoms with E-state index in [2.05, 4.69) is 51.8 Å². The summed E-state index contributed by atoms with van der Waals surface area (Å²) in [5.41, 5.74) is 3.37. The number of aryl methyl sites for hydroxylation is 1. The van der Waals surface area contributed by atoms with Gasteiger partial charge in [0, 0.05) is 30.5 Å². The van der Waals surface area contributed by atoms with Gasteiger partial charge in [-0.15, -0.1) is 0 Å². The fourth-order valence-corrected chi connectivity index (χ4v) is 1.75. The van der Waals surface area contributed by atoms with Crippen LogP contribution in [0.25, 0.3) is 0 Å². The minimum Gasteiger partial charge on any atom is -0.385 e. The van der Waals surface area contributed by atoms with Gasteiger partial charge in [-0.25, -0.2) is 9.97 Å². The van der Waals surface area contributed by atoms with Gasteiger partial charge in [0.15, 0.2) is 0 Å². The van der Waals surface area contributed by atoms with E-state index in [1.807, 2.05) is 13.0 Å². The minimum absolute atomic E-state index is 0.768. The first-order valence-corrected chi connectivity index (χ1v) is 6.63. The van der Waals surface area contributed by atoms with Crippen LogP contribution < -0.4 is 10.6 Å². The van der Waals surface area contributed by atoms with Crippen LogP contribution in [0, 0.1) is 6.92 Å². The molecule has 2 aromatic rings. The lowest BCUT2D eigenvalue weighted by atomic mass is 10.2. The fraction of sp³-hybridized carbons (Fsp3) is 0.333. The molecule has 0 amide bonds. The van der Waals surface area contributed by atoms with Crippen molar-refractivity contribution in [3.8, 4) is 0 Å². The van der Waals surface area contributed by atoms with Crippen molar-refractivity contribution in [1.29, 1.82) is 0 Å². The topological polar surface area (TPSA) is 49.8 Å². The minimum atomic E-state index is 0.768. The van der Waals surface area contributed by atoms with E-state index in [-0.39, 0.29) is 0 Å². The number of nitrogens with zero attached hydrogens (tertiary/aromatic N) is 2. The SMILES string of the molecule is CCCNc1ccc(CNc2cc(C)ncn2)cc1. The summed E-state index contributed by atoms with van der Waals surface area (Å²) in [6.07, 6.45) is 2.71. The van der Waals surface area contributed by atoms with Crippen molar-refractivity contribution >= 4 is 11.5 Å². The molecule has 0 atom stereocenters. The molecule has 4 heteroatoms. The molecule has 2 rings (SSSR count). The summed E-state index contributed by atoms with van der Waals surface area (Å²) >= 11 is 0. The van der Waals surface area contributed by atoms with Crippen molar-refractivity contribution < 1.29 is 0 Å². The Morgan fingerprint density at radius 1 is 1.05 bits per heavy atom. The van der Waals surface area contributed by atoms with Crippen molar-refractivity contribution in [2.45, 2.75) is 26.8 Å². The highest BCUT2D eigenvalue weighted by atomic mass is 15.0. The molecule has 0 saturated heterocycles. The van der Waals surface area contributed by atoms with Crippen molar-refractivity contribution in [3.05, 3.63) is 47.9 Å². The van der Waals surface area contributed by atoms with Gasteiger partial charge in [-0.2, -0.15) is 0 Å². The van der Waals surface area contributed by atoms with Gasteiger partial charge in [0.05, 0.1) is 0 Å². The summed E-state index contributed by atoms with van der Waals surface area (Å²) in [6, 6.07) is 10.4. The van der Waals surface area contributed by atoms with Gasteiger partial charge in [0.25, 0.3) is 0 Å². The second kappa shape index (κ2) is 6.73. The van der Waals surface area contributed by atoms with Crippen LogP contribution in [-0.2, 0) is 6.54 Å². The first-order valence-electron chi connectivity index (χ1n) is 6.63. The molecule has 2 N–H and O–H groups in total. The maximum atomic E-state index is 4.18. The van der Waals surface area contributed by atoms with Gasteiger partial charge < -0.3 is 10.6 Å². The molecule has 0 spiro atoms. The van der Waals surface area contributed by atoms with Crippen molar-refractivity contribution in [3.63, 3.8) is 0 Å². The highest BCUT2D eigenvalue weighted by Crippen LogP contribution is 2.11. The summed E-state index contributed by atoms with van der Waals surface area (Å²) in [5, 5.41) is 6.65. The second-order valence-electron chi connectivity index (χ2n) is 4.52. The van der Waals surface area contributed by atoms with Gasteiger partial charge in [-0.05, 0) is 31.0 Å². The number of rotatable bonds is 6. The van der Waals surface area contributed by atoms with Crippen molar-refractivity contribution in [1.82, 2.24) is 9.97 Å². The van der Waals surface area contributed by atoms with Crippen molar-refractivity contribution in [2.24, 2.45) is 0 Å². The molecule has 0 bridgehead atoms. The van der Waals surface area contributed by atoms with Gasteiger partial charge in [0.1, 0.15) is 12.1 Å².